The number of aromatic nitrogens is 1. The van der Waals surface area contributed by atoms with Gasteiger partial charge in [-0.05, 0) is 12.1 Å². The number of benzene rings is 2. The number of aliphatic carboxylic acids is 1. The van der Waals surface area contributed by atoms with E-state index in [0.29, 0.717) is 0 Å². The fraction of sp³-hybridized carbons (Fsp3) is 0.238. The summed E-state index contributed by atoms with van der Waals surface area (Å²) in [5.74, 6) is -0.823. The van der Waals surface area contributed by atoms with Crippen molar-refractivity contribution in [3.05, 3.63) is 65.5 Å². The van der Waals surface area contributed by atoms with Crippen molar-refractivity contribution in [2.45, 2.75) is 6.42 Å². The van der Waals surface area contributed by atoms with Crippen molar-refractivity contribution in [1.29, 1.82) is 0 Å². The molecular weight excluding hydrogens is 358 g/mol. The minimum absolute atomic E-state index is 0.00583. The summed E-state index contributed by atoms with van der Waals surface area (Å²) in [4.78, 5) is 21.6. The second-order valence-electron chi connectivity index (χ2n) is 6.51. The van der Waals surface area contributed by atoms with Gasteiger partial charge in [-0.1, -0.05) is 48.5 Å². The first-order valence-corrected chi connectivity index (χ1v) is 9.84. The van der Waals surface area contributed by atoms with Crippen LogP contribution in [0.25, 0.3) is 11.3 Å². The maximum Gasteiger partial charge on any atom is 0.308 e. The lowest BCUT2D eigenvalue weighted by Crippen LogP contribution is -2.46. The average molecular weight is 379 g/mol. The normalized spacial score (nSPS) is 14.4. The molecule has 0 aliphatic carbocycles. The fourth-order valence-corrected chi connectivity index (χ4v) is 4.47. The van der Waals surface area contributed by atoms with Gasteiger partial charge in [0, 0.05) is 42.3 Å². The van der Waals surface area contributed by atoms with Crippen LogP contribution in [-0.2, 0) is 11.2 Å². The third kappa shape index (κ3) is 3.95. The van der Waals surface area contributed by atoms with Crippen LogP contribution in [0.2, 0.25) is 0 Å². The van der Waals surface area contributed by atoms with Crippen molar-refractivity contribution >= 4 is 28.1 Å². The summed E-state index contributed by atoms with van der Waals surface area (Å²) in [7, 11) is 0. The van der Waals surface area contributed by atoms with Crippen molar-refractivity contribution in [3.63, 3.8) is 0 Å². The average Bonchev–Trinajstić information content (AvgIpc) is 3.12. The first-order chi connectivity index (χ1) is 13.2. The Kier molecular flexibility index (Phi) is 5.07. The van der Waals surface area contributed by atoms with E-state index in [9.17, 15) is 9.90 Å². The summed E-state index contributed by atoms with van der Waals surface area (Å²) < 4.78 is 0. The second kappa shape index (κ2) is 7.80. The Morgan fingerprint density at radius 2 is 1.52 bits per heavy atom. The lowest BCUT2D eigenvalue weighted by molar-refractivity contribution is -0.136. The first-order valence-electron chi connectivity index (χ1n) is 9.02. The molecule has 1 aliphatic heterocycles. The Morgan fingerprint density at radius 3 is 2.15 bits per heavy atom. The molecule has 0 saturated carbocycles. The summed E-state index contributed by atoms with van der Waals surface area (Å²) in [5, 5.41) is 10.2. The van der Waals surface area contributed by atoms with E-state index in [1.807, 2.05) is 36.4 Å². The van der Waals surface area contributed by atoms with Crippen LogP contribution in [0.15, 0.2) is 60.7 Å². The van der Waals surface area contributed by atoms with E-state index in [-0.39, 0.29) is 6.42 Å². The van der Waals surface area contributed by atoms with Crippen LogP contribution in [0.3, 0.4) is 0 Å². The second-order valence-corrected chi connectivity index (χ2v) is 7.58. The number of carboxylic acid groups (broad SMARTS) is 1. The highest BCUT2D eigenvalue weighted by Crippen LogP contribution is 2.34. The highest BCUT2D eigenvalue weighted by atomic mass is 32.1. The van der Waals surface area contributed by atoms with Crippen LogP contribution >= 0.6 is 11.3 Å². The molecular formula is C21H21N3O2S. The Balaban J connectivity index is 1.54. The fourth-order valence-electron chi connectivity index (χ4n) is 3.35. The van der Waals surface area contributed by atoms with Gasteiger partial charge in [-0.15, -0.1) is 11.3 Å². The van der Waals surface area contributed by atoms with E-state index in [1.54, 1.807) is 0 Å². The van der Waals surface area contributed by atoms with Gasteiger partial charge < -0.3 is 14.9 Å². The maximum atomic E-state index is 11.3. The van der Waals surface area contributed by atoms with Crippen LogP contribution in [-0.4, -0.2) is 42.2 Å². The number of carboxylic acids is 1. The smallest absolute Gasteiger partial charge is 0.308 e. The Labute approximate surface area is 162 Å². The molecule has 4 rings (SSSR count). The molecule has 1 fully saturated rings. The summed E-state index contributed by atoms with van der Waals surface area (Å²) in [6.45, 7) is 3.61. The molecule has 0 radical (unpaired) electrons. The molecule has 3 aromatic rings. The predicted octanol–water partition coefficient (Wildman–Crippen LogP) is 3.76. The summed E-state index contributed by atoms with van der Waals surface area (Å²) in [5.41, 5.74) is 3.01. The van der Waals surface area contributed by atoms with E-state index >= 15 is 0 Å². The Hall–Kier alpha value is -2.86. The molecule has 2 aromatic carbocycles. The standard InChI is InChI=1S/C21H21N3O2S/c25-19(26)15-18-20(16-7-3-1-4-8-16)22-21(27-18)24-13-11-23(12-14-24)17-9-5-2-6-10-17/h1-10H,11-15H2,(H,25,26). The van der Waals surface area contributed by atoms with Crippen molar-refractivity contribution < 1.29 is 9.90 Å². The van der Waals surface area contributed by atoms with Crippen LogP contribution in [0.5, 0.6) is 0 Å². The van der Waals surface area contributed by atoms with Gasteiger partial charge in [0.1, 0.15) is 0 Å². The molecule has 138 valence electrons. The van der Waals surface area contributed by atoms with E-state index in [0.717, 1.165) is 47.4 Å². The number of hydrogen-bond acceptors (Lipinski definition) is 5. The minimum atomic E-state index is -0.823. The number of thiazole rings is 1. The van der Waals surface area contributed by atoms with E-state index in [1.165, 1.54) is 17.0 Å². The molecule has 2 heterocycles. The topological polar surface area (TPSA) is 56.7 Å². The first kappa shape index (κ1) is 17.5. The van der Waals surface area contributed by atoms with Gasteiger partial charge in [-0.25, -0.2) is 4.98 Å². The lowest BCUT2D eigenvalue weighted by Gasteiger charge is -2.36. The van der Waals surface area contributed by atoms with Crippen molar-refractivity contribution in [2.24, 2.45) is 0 Å². The van der Waals surface area contributed by atoms with Gasteiger partial charge in [0.25, 0.3) is 0 Å². The summed E-state index contributed by atoms with van der Waals surface area (Å²) in [6, 6.07) is 20.3. The largest absolute Gasteiger partial charge is 0.481 e. The SMILES string of the molecule is O=C(O)Cc1sc(N2CCN(c3ccccc3)CC2)nc1-c1ccccc1. The molecule has 5 nitrogen and oxygen atoms in total. The molecule has 0 spiro atoms. The zero-order chi connectivity index (χ0) is 18.6. The Morgan fingerprint density at radius 1 is 0.926 bits per heavy atom. The third-order valence-corrected chi connectivity index (χ3v) is 5.83. The minimum Gasteiger partial charge on any atom is -0.481 e. The quantitative estimate of drug-likeness (QED) is 0.731. The number of rotatable bonds is 5. The van der Waals surface area contributed by atoms with E-state index < -0.39 is 5.97 Å². The van der Waals surface area contributed by atoms with Gasteiger partial charge in [-0.3, -0.25) is 4.79 Å². The van der Waals surface area contributed by atoms with Crippen LogP contribution in [0.1, 0.15) is 4.88 Å². The molecule has 0 atom stereocenters. The number of nitrogens with zero attached hydrogens (tertiary/aromatic N) is 3. The summed E-state index contributed by atoms with van der Waals surface area (Å²) >= 11 is 1.50. The molecule has 1 aromatic heterocycles. The molecule has 0 bridgehead atoms. The third-order valence-electron chi connectivity index (χ3n) is 4.72. The lowest BCUT2D eigenvalue weighted by atomic mass is 10.1. The zero-order valence-corrected chi connectivity index (χ0v) is 15.7. The molecule has 27 heavy (non-hydrogen) atoms. The predicted molar refractivity (Wildman–Crippen MR) is 110 cm³/mol. The number of hydrogen-bond donors (Lipinski definition) is 1. The monoisotopic (exact) mass is 379 g/mol. The van der Waals surface area contributed by atoms with Gasteiger partial charge in [0.05, 0.1) is 12.1 Å². The van der Waals surface area contributed by atoms with Crippen molar-refractivity contribution in [2.75, 3.05) is 36.0 Å². The van der Waals surface area contributed by atoms with Gasteiger partial charge >= 0.3 is 5.97 Å². The number of carbonyl (C=O) groups is 1. The van der Waals surface area contributed by atoms with E-state index in [4.69, 9.17) is 4.98 Å². The van der Waals surface area contributed by atoms with Crippen molar-refractivity contribution in [1.82, 2.24) is 4.98 Å². The Bertz CT molecular complexity index is 904. The van der Waals surface area contributed by atoms with Crippen LogP contribution in [0.4, 0.5) is 10.8 Å². The van der Waals surface area contributed by atoms with Crippen LogP contribution < -0.4 is 9.80 Å². The summed E-state index contributed by atoms with van der Waals surface area (Å²) in [6.07, 6.45) is 0.00583. The number of anilines is 2. The molecule has 1 N–H and O–H groups in total. The maximum absolute atomic E-state index is 11.3. The van der Waals surface area contributed by atoms with Gasteiger partial charge in [-0.2, -0.15) is 0 Å². The van der Waals surface area contributed by atoms with Crippen molar-refractivity contribution in [3.8, 4) is 11.3 Å². The zero-order valence-electron chi connectivity index (χ0n) is 14.9. The van der Waals surface area contributed by atoms with Gasteiger partial charge in [0.2, 0.25) is 0 Å². The molecule has 6 heteroatoms. The number of para-hydroxylation sites is 1. The molecule has 1 saturated heterocycles. The number of piperazine rings is 1. The van der Waals surface area contributed by atoms with Crippen LogP contribution in [0, 0.1) is 0 Å². The molecule has 0 unspecified atom stereocenters. The highest BCUT2D eigenvalue weighted by Gasteiger charge is 2.23. The molecule has 0 amide bonds. The van der Waals surface area contributed by atoms with Gasteiger partial charge in [0.15, 0.2) is 5.13 Å². The molecule has 1 aliphatic rings. The van der Waals surface area contributed by atoms with E-state index in [2.05, 4.69) is 34.1 Å². The highest BCUT2D eigenvalue weighted by molar-refractivity contribution is 7.16.